The molecule has 1 N–H and O–H groups in total. The highest BCUT2D eigenvalue weighted by molar-refractivity contribution is 6.31. The molecule has 0 radical (unpaired) electrons. The van der Waals surface area contributed by atoms with Crippen molar-refractivity contribution < 1.29 is 4.79 Å². The van der Waals surface area contributed by atoms with Gasteiger partial charge in [-0.25, -0.2) is 0 Å². The molecule has 2 heterocycles. The third-order valence-corrected chi connectivity index (χ3v) is 2.50. The van der Waals surface area contributed by atoms with E-state index >= 15 is 0 Å². The Kier molecular flexibility index (Phi) is 3.40. The second kappa shape index (κ2) is 4.80. The van der Waals surface area contributed by atoms with Crippen molar-refractivity contribution in [3.8, 4) is 0 Å². The number of aromatic nitrogens is 3. The lowest BCUT2D eigenvalue weighted by Gasteiger charge is -2.18. The Hall–Kier alpha value is -1.14. The molecular formula is C8H9Cl2N5O. The molecule has 16 heavy (non-hydrogen) atoms. The number of nitrogens with one attached hydrogen (secondary N) is 1. The summed E-state index contributed by atoms with van der Waals surface area (Å²) < 4.78 is 0. The smallest absolute Gasteiger partial charge is 0.231 e. The largest absolute Gasteiger partial charge is 0.354 e. The predicted molar refractivity (Wildman–Crippen MR) is 59.7 cm³/mol. The van der Waals surface area contributed by atoms with Crippen molar-refractivity contribution in [2.45, 2.75) is 6.42 Å². The van der Waals surface area contributed by atoms with E-state index in [-0.39, 0.29) is 16.5 Å². The van der Waals surface area contributed by atoms with Crippen LogP contribution in [0.25, 0.3) is 0 Å². The van der Waals surface area contributed by atoms with Crippen LogP contribution < -0.4 is 10.2 Å². The molecule has 1 saturated heterocycles. The highest BCUT2D eigenvalue weighted by Gasteiger charge is 2.17. The van der Waals surface area contributed by atoms with E-state index in [0.717, 1.165) is 0 Å². The number of amides is 1. The molecule has 1 aliphatic rings. The molecule has 0 unspecified atom stereocenters. The molecule has 1 aromatic rings. The van der Waals surface area contributed by atoms with E-state index in [1.54, 1.807) is 0 Å². The van der Waals surface area contributed by atoms with Crippen LogP contribution in [0.5, 0.6) is 0 Å². The predicted octanol–water partition coefficient (Wildman–Crippen LogP) is 0.505. The Morgan fingerprint density at radius 2 is 1.81 bits per heavy atom. The van der Waals surface area contributed by atoms with Crippen LogP contribution in [0, 0.1) is 0 Å². The summed E-state index contributed by atoms with van der Waals surface area (Å²) >= 11 is 11.4. The van der Waals surface area contributed by atoms with Gasteiger partial charge in [-0.05, 0) is 23.2 Å². The average Bonchev–Trinajstić information content (AvgIpc) is 2.41. The summed E-state index contributed by atoms with van der Waals surface area (Å²) in [6.45, 7) is 1.73. The fraction of sp³-hybridized carbons (Fsp3) is 0.500. The van der Waals surface area contributed by atoms with E-state index < -0.39 is 0 Å². The minimum atomic E-state index is 0.0220. The summed E-state index contributed by atoms with van der Waals surface area (Å²) in [4.78, 5) is 24.6. The number of carbonyl (C=O) groups is 1. The van der Waals surface area contributed by atoms with Crippen LogP contribution in [-0.2, 0) is 4.79 Å². The van der Waals surface area contributed by atoms with E-state index in [0.29, 0.717) is 32.0 Å². The van der Waals surface area contributed by atoms with E-state index in [2.05, 4.69) is 20.3 Å². The van der Waals surface area contributed by atoms with Gasteiger partial charge in [0.25, 0.3) is 0 Å². The van der Waals surface area contributed by atoms with Crippen molar-refractivity contribution in [3.63, 3.8) is 0 Å². The van der Waals surface area contributed by atoms with Crippen LogP contribution in [0.1, 0.15) is 6.42 Å². The SMILES string of the molecule is O=C1CCN(c2nc(Cl)nc(Cl)n2)CCN1. The van der Waals surface area contributed by atoms with Crippen molar-refractivity contribution in [1.29, 1.82) is 0 Å². The first-order valence-corrected chi connectivity index (χ1v) is 5.49. The van der Waals surface area contributed by atoms with Gasteiger partial charge in [0.05, 0.1) is 0 Å². The Balaban J connectivity index is 2.19. The van der Waals surface area contributed by atoms with E-state index in [1.807, 2.05) is 4.90 Å². The summed E-state index contributed by atoms with van der Waals surface area (Å²) in [7, 11) is 0. The summed E-state index contributed by atoms with van der Waals surface area (Å²) in [5.41, 5.74) is 0. The van der Waals surface area contributed by atoms with Gasteiger partial charge in [0.2, 0.25) is 22.4 Å². The van der Waals surface area contributed by atoms with Gasteiger partial charge in [-0.3, -0.25) is 4.79 Å². The van der Waals surface area contributed by atoms with Gasteiger partial charge in [-0.1, -0.05) is 0 Å². The summed E-state index contributed by atoms with van der Waals surface area (Å²) in [6.07, 6.45) is 0.404. The number of halogens is 2. The topological polar surface area (TPSA) is 71.0 Å². The van der Waals surface area contributed by atoms with Crippen LogP contribution in [0.15, 0.2) is 0 Å². The first-order valence-electron chi connectivity index (χ1n) is 4.74. The summed E-state index contributed by atoms with van der Waals surface area (Å²) in [5, 5.41) is 2.86. The van der Waals surface area contributed by atoms with Crippen LogP contribution in [0.4, 0.5) is 5.95 Å². The number of nitrogens with zero attached hydrogens (tertiary/aromatic N) is 4. The quantitative estimate of drug-likeness (QED) is 0.798. The third kappa shape index (κ3) is 2.70. The van der Waals surface area contributed by atoms with Crippen LogP contribution >= 0.6 is 23.2 Å². The molecule has 6 nitrogen and oxygen atoms in total. The van der Waals surface area contributed by atoms with Gasteiger partial charge < -0.3 is 10.2 Å². The van der Waals surface area contributed by atoms with Crippen molar-refractivity contribution in [2.75, 3.05) is 24.5 Å². The van der Waals surface area contributed by atoms with E-state index in [4.69, 9.17) is 23.2 Å². The zero-order chi connectivity index (χ0) is 11.5. The Bertz CT molecular complexity index is 393. The van der Waals surface area contributed by atoms with Crippen molar-refractivity contribution in [1.82, 2.24) is 20.3 Å². The number of hydrogen-bond donors (Lipinski definition) is 1. The van der Waals surface area contributed by atoms with Crippen molar-refractivity contribution >= 4 is 35.1 Å². The van der Waals surface area contributed by atoms with Crippen LogP contribution in [0.3, 0.4) is 0 Å². The second-order valence-corrected chi connectivity index (χ2v) is 3.94. The van der Waals surface area contributed by atoms with Crippen molar-refractivity contribution in [3.05, 3.63) is 10.6 Å². The fourth-order valence-electron chi connectivity index (χ4n) is 1.42. The van der Waals surface area contributed by atoms with Crippen molar-refractivity contribution in [2.24, 2.45) is 0 Å². The lowest BCUT2D eigenvalue weighted by Crippen LogP contribution is -2.29. The minimum Gasteiger partial charge on any atom is -0.354 e. The second-order valence-electron chi connectivity index (χ2n) is 3.26. The third-order valence-electron chi connectivity index (χ3n) is 2.16. The average molecular weight is 262 g/mol. The molecular weight excluding hydrogens is 253 g/mol. The monoisotopic (exact) mass is 261 g/mol. The molecule has 1 aliphatic heterocycles. The molecule has 0 aliphatic carbocycles. The van der Waals surface area contributed by atoms with E-state index in [1.165, 1.54) is 0 Å². The van der Waals surface area contributed by atoms with Gasteiger partial charge in [0.1, 0.15) is 0 Å². The number of hydrogen-bond acceptors (Lipinski definition) is 5. The Morgan fingerprint density at radius 1 is 1.12 bits per heavy atom. The molecule has 0 spiro atoms. The first-order chi connectivity index (χ1) is 7.65. The van der Waals surface area contributed by atoms with E-state index in [9.17, 15) is 4.79 Å². The minimum absolute atomic E-state index is 0.0220. The maximum absolute atomic E-state index is 11.2. The van der Waals surface area contributed by atoms with Gasteiger partial charge in [0.15, 0.2) is 0 Å². The number of carbonyl (C=O) groups excluding carboxylic acids is 1. The molecule has 1 amide bonds. The summed E-state index contributed by atoms with van der Waals surface area (Å²) in [5.74, 6) is 0.426. The molecule has 86 valence electrons. The molecule has 0 bridgehead atoms. The fourth-order valence-corrected chi connectivity index (χ4v) is 1.78. The molecule has 1 fully saturated rings. The van der Waals surface area contributed by atoms with Gasteiger partial charge in [0, 0.05) is 26.1 Å². The molecule has 2 rings (SSSR count). The van der Waals surface area contributed by atoms with Crippen LogP contribution in [-0.4, -0.2) is 40.5 Å². The zero-order valence-electron chi connectivity index (χ0n) is 8.28. The number of rotatable bonds is 1. The summed E-state index contributed by atoms with van der Waals surface area (Å²) in [6, 6.07) is 0. The molecule has 0 aromatic carbocycles. The lowest BCUT2D eigenvalue weighted by molar-refractivity contribution is -0.120. The highest BCUT2D eigenvalue weighted by Crippen LogP contribution is 2.14. The molecule has 0 saturated carbocycles. The maximum Gasteiger partial charge on any atom is 0.231 e. The Labute approximate surface area is 102 Å². The standard InChI is InChI=1S/C8H9Cl2N5O/c9-6-12-7(10)14-8(13-6)15-3-1-5(16)11-2-4-15/h1-4H2,(H,11,16). The molecule has 1 aromatic heterocycles. The zero-order valence-corrected chi connectivity index (χ0v) is 9.79. The van der Waals surface area contributed by atoms with Gasteiger partial charge in [-0.2, -0.15) is 15.0 Å². The normalized spacial score (nSPS) is 16.9. The maximum atomic E-state index is 11.2. The lowest BCUT2D eigenvalue weighted by atomic mass is 10.4. The molecule has 8 heteroatoms. The first kappa shape index (κ1) is 11.3. The molecule has 0 atom stereocenters. The van der Waals surface area contributed by atoms with Gasteiger partial charge >= 0.3 is 0 Å². The van der Waals surface area contributed by atoms with Crippen LogP contribution in [0.2, 0.25) is 10.6 Å². The Morgan fingerprint density at radius 3 is 2.50 bits per heavy atom. The number of anilines is 1. The van der Waals surface area contributed by atoms with Gasteiger partial charge in [-0.15, -0.1) is 0 Å². The highest BCUT2D eigenvalue weighted by atomic mass is 35.5.